The zero-order valence-electron chi connectivity index (χ0n) is 21.3. The van der Waals surface area contributed by atoms with Crippen LogP contribution in [0.5, 0.6) is 5.75 Å². The van der Waals surface area contributed by atoms with Crippen molar-refractivity contribution in [2.45, 2.75) is 37.8 Å². The van der Waals surface area contributed by atoms with Crippen LogP contribution in [-0.4, -0.2) is 51.3 Å². The van der Waals surface area contributed by atoms with Crippen LogP contribution in [0.2, 0.25) is 0 Å². The molecule has 1 saturated heterocycles. The minimum absolute atomic E-state index is 0.0751. The number of fused-ring (bicyclic) bond motifs is 1. The Balaban J connectivity index is 1.37. The Hall–Kier alpha value is -4.05. The van der Waals surface area contributed by atoms with Crippen LogP contribution in [-0.2, 0) is 6.42 Å². The molecular weight excluding hydrogens is 490 g/mol. The number of hydrogen-bond donors (Lipinski definition) is 3. The number of likely N-dealkylation sites (N-methyl/N-ethyl adjacent to an activating group) is 1. The number of para-hydroxylation sites is 1. The standard InChI is InChI=1S/C28H30F2N6O2/c1-28(31-2,17-32-27(38)20-6-3-4-8-24(20)37)15-18-16-33-36-13-11-25(34-26(18)36)35-12-5-7-23(35)21-14-19(29)9-10-22(21)30/h3-4,6,8-11,13-14,16,23,31,37H,5,7,12,15,17H2,1-2H3,(H,32,38). The molecule has 8 nitrogen and oxygen atoms in total. The van der Waals surface area contributed by atoms with E-state index in [0.717, 1.165) is 18.1 Å². The van der Waals surface area contributed by atoms with Gasteiger partial charge in [-0.1, -0.05) is 12.1 Å². The van der Waals surface area contributed by atoms with Crippen molar-refractivity contribution in [2.75, 3.05) is 25.0 Å². The van der Waals surface area contributed by atoms with Gasteiger partial charge in [0, 0.05) is 36.0 Å². The van der Waals surface area contributed by atoms with Crippen LogP contribution in [0.1, 0.15) is 47.3 Å². The average molecular weight is 521 g/mol. The summed E-state index contributed by atoms with van der Waals surface area (Å²) < 4.78 is 30.2. The SMILES string of the molecule is CNC(C)(CNC(=O)c1ccccc1O)Cc1cnn2ccc(N3CCCC3c3cc(F)ccc3F)nc12. The van der Waals surface area contributed by atoms with Crippen LogP contribution in [0.4, 0.5) is 14.6 Å². The summed E-state index contributed by atoms with van der Waals surface area (Å²) in [5.74, 6) is -0.659. The second kappa shape index (κ2) is 10.4. The number of aromatic hydroxyl groups is 1. The maximum atomic E-state index is 14.6. The Labute approximate surface area is 219 Å². The van der Waals surface area contributed by atoms with Gasteiger partial charge < -0.3 is 20.6 Å². The lowest BCUT2D eigenvalue weighted by atomic mass is 9.94. The molecule has 10 heteroatoms. The summed E-state index contributed by atoms with van der Waals surface area (Å²) in [7, 11) is 1.82. The fraction of sp³-hybridized carbons (Fsp3) is 0.321. The number of aromatic nitrogens is 3. The van der Waals surface area contributed by atoms with E-state index in [1.165, 1.54) is 18.2 Å². The van der Waals surface area contributed by atoms with Crippen molar-refractivity contribution in [3.8, 4) is 5.75 Å². The van der Waals surface area contributed by atoms with Crippen LogP contribution >= 0.6 is 0 Å². The summed E-state index contributed by atoms with van der Waals surface area (Å²) in [6.45, 7) is 2.95. The van der Waals surface area contributed by atoms with Gasteiger partial charge in [-0.15, -0.1) is 0 Å². The lowest BCUT2D eigenvalue weighted by Crippen LogP contribution is -2.51. The predicted octanol–water partition coefficient (Wildman–Crippen LogP) is 4.01. The van der Waals surface area contributed by atoms with E-state index in [1.807, 2.05) is 31.1 Å². The van der Waals surface area contributed by atoms with Crippen molar-refractivity contribution in [3.05, 3.63) is 89.2 Å². The molecule has 0 radical (unpaired) electrons. The largest absolute Gasteiger partial charge is 0.507 e. The van der Waals surface area contributed by atoms with Crippen molar-refractivity contribution in [1.82, 2.24) is 25.2 Å². The first-order chi connectivity index (χ1) is 18.3. The fourth-order valence-electron chi connectivity index (χ4n) is 5.02. The molecule has 4 aromatic rings. The quantitative estimate of drug-likeness (QED) is 0.325. The first kappa shape index (κ1) is 25.6. The molecule has 198 valence electrons. The third-order valence-electron chi connectivity index (χ3n) is 7.26. The van der Waals surface area contributed by atoms with Crippen LogP contribution in [0.15, 0.2) is 60.9 Å². The van der Waals surface area contributed by atoms with E-state index in [1.54, 1.807) is 28.9 Å². The van der Waals surface area contributed by atoms with Gasteiger partial charge in [0.15, 0.2) is 5.65 Å². The first-order valence-electron chi connectivity index (χ1n) is 12.6. The van der Waals surface area contributed by atoms with Gasteiger partial charge in [-0.05, 0) is 69.6 Å². The predicted molar refractivity (Wildman–Crippen MR) is 140 cm³/mol. The third-order valence-corrected chi connectivity index (χ3v) is 7.26. The van der Waals surface area contributed by atoms with E-state index in [2.05, 4.69) is 15.7 Å². The number of anilines is 1. The number of amides is 1. The Morgan fingerprint density at radius 2 is 2.03 bits per heavy atom. The maximum absolute atomic E-state index is 14.6. The van der Waals surface area contributed by atoms with Crippen molar-refractivity contribution < 1.29 is 18.7 Å². The van der Waals surface area contributed by atoms with Gasteiger partial charge in [0.25, 0.3) is 5.91 Å². The molecule has 2 aromatic carbocycles. The van der Waals surface area contributed by atoms with Gasteiger partial charge in [-0.25, -0.2) is 18.3 Å². The summed E-state index contributed by atoms with van der Waals surface area (Å²) in [5.41, 5.74) is 1.53. The Morgan fingerprint density at radius 1 is 1.21 bits per heavy atom. The highest BCUT2D eigenvalue weighted by Gasteiger charge is 2.31. The lowest BCUT2D eigenvalue weighted by Gasteiger charge is -2.29. The molecule has 3 N–H and O–H groups in total. The van der Waals surface area contributed by atoms with Crippen molar-refractivity contribution in [3.63, 3.8) is 0 Å². The van der Waals surface area contributed by atoms with Crippen molar-refractivity contribution >= 4 is 17.4 Å². The van der Waals surface area contributed by atoms with E-state index < -0.39 is 17.2 Å². The number of carbonyl (C=O) groups is 1. The van der Waals surface area contributed by atoms with Crippen LogP contribution in [0.25, 0.3) is 5.65 Å². The number of rotatable bonds is 8. The minimum atomic E-state index is -0.540. The molecule has 1 fully saturated rings. The monoisotopic (exact) mass is 520 g/mol. The Morgan fingerprint density at radius 3 is 2.82 bits per heavy atom. The molecular formula is C28H30F2N6O2. The molecule has 1 aliphatic rings. The summed E-state index contributed by atoms with van der Waals surface area (Å²) in [6.07, 6.45) is 5.61. The smallest absolute Gasteiger partial charge is 0.255 e. The summed E-state index contributed by atoms with van der Waals surface area (Å²) >= 11 is 0. The molecule has 2 aromatic heterocycles. The van der Waals surface area contributed by atoms with Gasteiger partial charge in [-0.3, -0.25) is 4.79 Å². The molecule has 2 atom stereocenters. The Bertz CT molecular complexity index is 1480. The van der Waals surface area contributed by atoms with E-state index in [9.17, 15) is 18.7 Å². The lowest BCUT2D eigenvalue weighted by molar-refractivity contribution is 0.0938. The molecule has 3 heterocycles. The second-order valence-corrected chi connectivity index (χ2v) is 9.93. The summed E-state index contributed by atoms with van der Waals surface area (Å²) in [4.78, 5) is 19.5. The van der Waals surface area contributed by atoms with Gasteiger partial charge in [0.05, 0.1) is 17.8 Å². The molecule has 0 spiro atoms. The maximum Gasteiger partial charge on any atom is 0.255 e. The number of benzene rings is 2. The number of nitrogens with zero attached hydrogens (tertiary/aromatic N) is 4. The van der Waals surface area contributed by atoms with Gasteiger partial charge in [0.2, 0.25) is 0 Å². The molecule has 0 saturated carbocycles. The zero-order valence-corrected chi connectivity index (χ0v) is 21.3. The van der Waals surface area contributed by atoms with Crippen LogP contribution < -0.4 is 15.5 Å². The molecule has 0 bridgehead atoms. The Kier molecular flexibility index (Phi) is 6.98. The highest BCUT2D eigenvalue weighted by atomic mass is 19.1. The van der Waals surface area contributed by atoms with Crippen molar-refractivity contribution in [2.24, 2.45) is 0 Å². The molecule has 0 aliphatic carbocycles. The number of carbonyl (C=O) groups excluding carboxylic acids is 1. The summed E-state index contributed by atoms with van der Waals surface area (Å²) in [5, 5.41) is 20.6. The highest BCUT2D eigenvalue weighted by molar-refractivity contribution is 5.96. The summed E-state index contributed by atoms with van der Waals surface area (Å²) in [6, 6.07) is 11.5. The van der Waals surface area contributed by atoms with E-state index in [4.69, 9.17) is 4.98 Å². The topological polar surface area (TPSA) is 94.8 Å². The van der Waals surface area contributed by atoms with Crippen molar-refractivity contribution in [1.29, 1.82) is 0 Å². The highest BCUT2D eigenvalue weighted by Crippen LogP contribution is 2.37. The van der Waals surface area contributed by atoms with Crippen LogP contribution in [0.3, 0.4) is 0 Å². The van der Waals surface area contributed by atoms with E-state index >= 15 is 0 Å². The third kappa shape index (κ3) is 5.04. The molecule has 1 aliphatic heterocycles. The second-order valence-electron chi connectivity index (χ2n) is 9.93. The van der Waals surface area contributed by atoms with Crippen LogP contribution in [0, 0.1) is 11.6 Å². The number of halogens is 2. The average Bonchev–Trinajstić information content (AvgIpc) is 3.56. The zero-order chi connectivity index (χ0) is 26.9. The van der Waals surface area contributed by atoms with Gasteiger partial charge >= 0.3 is 0 Å². The normalized spacial score (nSPS) is 17.1. The van der Waals surface area contributed by atoms with Gasteiger partial charge in [-0.2, -0.15) is 5.10 Å². The molecule has 5 rings (SSSR count). The molecule has 2 unspecified atom stereocenters. The van der Waals surface area contributed by atoms with E-state index in [0.29, 0.717) is 43.0 Å². The number of nitrogens with one attached hydrogen (secondary N) is 2. The number of phenolic OH excluding ortho intramolecular Hbond substituents is 1. The first-order valence-corrected chi connectivity index (χ1v) is 12.6. The molecule has 1 amide bonds. The number of phenols is 1. The number of hydrogen-bond acceptors (Lipinski definition) is 6. The fourth-order valence-corrected chi connectivity index (χ4v) is 5.02. The van der Waals surface area contributed by atoms with Gasteiger partial charge in [0.1, 0.15) is 23.2 Å². The minimum Gasteiger partial charge on any atom is -0.507 e. The van der Waals surface area contributed by atoms with E-state index in [-0.39, 0.29) is 23.3 Å². The molecule has 38 heavy (non-hydrogen) atoms.